The maximum absolute atomic E-state index is 11.9. The molecule has 0 saturated heterocycles. The van der Waals surface area contributed by atoms with E-state index < -0.39 is 11.2 Å². The Labute approximate surface area is 95.1 Å². The van der Waals surface area contributed by atoms with Gasteiger partial charge in [0.05, 0.1) is 17.4 Å². The lowest BCUT2D eigenvalue weighted by atomic mass is 10.2. The molecule has 0 unspecified atom stereocenters. The summed E-state index contributed by atoms with van der Waals surface area (Å²) in [5.41, 5.74) is -0.893. The van der Waals surface area contributed by atoms with Gasteiger partial charge >= 0.3 is 5.69 Å². The second kappa shape index (κ2) is 3.89. The fourth-order valence-electron chi connectivity index (χ4n) is 1.60. The highest BCUT2D eigenvalue weighted by Gasteiger charge is 2.09. The number of aromatic nitrogens is 2. The van der Waals surface area contributed by atoms with Gasteiger partial charge in [0, 0.05) is 0 Å². The third kappa shape index (κ3) is 1.96. The number of rotatable bonds is 2. The number of hydrogen-bond acceptors (Lipinski definition) is 4. The van der Waals surface area contributed by atoms with Gasteiger partial charge in [-0.2, -0.15) is 0 Å². The maximum Gasteiger partial charge on any atom is 0.329 e. The zero-order valence-corrected chi connectivity index (χ0v) is 9.06. The summed E-state index contributed by atoms with van der Waals surface area (Å²) < 4.78 is 0.810. The summed E-state index contributed by atoms with van der Waals surface area (Å²) in [5, 5.41) is 9.46. The van der Waals surface area contributed by atoms with Gasteiger partial charge < -0.3 is 10.1 Å². The number of H-pyrrole nitrogens is 1. The van der Waals surface area contributed by atoms with Crippen molar-refractivity contribution >= 4 is 16.7 Å². The maximum atomic E-state index is 11.9. The van der Waals surface area contributed by atoms with Crippen LogP contribution in [0.25, 0.3) is 10.9 Å². The van der Waals surface area contributed by atoms with E-state index in [0.29, 0.717) is 5.52 Å². The molecule has 0 spiro atoms. The Morgan fingerprint density at radius 3 is 2.76 bits per heavy atom. The van der Waals surface area contributed by atoms with Crippen molar-refractivity contribution < 1.29 is 9.90 Å². The lowest BCUT2D eigenvalue weighted by Gasteiger charge is -2.04. The Hall–Kier alpha value is -2.37. The number of phenolic OH excluding ortho intramolecular Hbond substituents is 1. The van der Waals surface area contributed by atoms with Crippen molar-refractivity contribution in [1.82, 2.24) is 9.55 Å². The molecule has 0 aliphatic heterocycles. The van der Waals surface area contributed by atoms with Crippen molar-refractivity contribution in [1.29, 1.82) is 0 Å². The number of hydrogen-bond donors (Lipinski definition) is 2. The Bertz CT molecular complexity index is 711. The quantitative estimate of drug-likeness (QED) is 0.764. The number of carbonyl (C=O) groups is 1. The lowest BCUT2D eigenvalue weighted by molar-refractivity contribution is -0.117. The van der Waals surface area contributed by atoms with Gasteiger partial charge in [-0.05, 0) is 25.1 Å². The normalized spacial score (nSPS) is 10.6. The molecule has 0 fully saturated rings. The van der Waals surface area contributed by atoms with E-state index in [2.05, 4.69) is 4.98 Å². The van der Waals surface area contributed by atoms with Crippen molar-refractivity contribution in [2.75, 3.05) is 0 Å². The Balaban J connectivity index is 2.83. The van der Waals surface area contributed by atoms with Crippen molar-refractivity contribution in [2.24, 2.45) is 0 Å². The van der Waals surface area contributed by atoms with Crippen LogP contribution in [-0.4, -0.2) is 20.4 Å². The molecule has 88 valence electrons. The van der Waals surface area contributed by atoms with Crippen LogP contribution in [0.4, 0.5) is 0 Å². The molecule has 0 aliphatic rings. The van der Waals surface area contributed by atoms with Gasteiger partial charge in [-0.15, -0.1) is 0 Å². The fourth-order valence-corrected chi connectivity index (χ4v) is 1.60. The number of fused-ring (bicyclic) bond motifs is 1. The predicted octanol–water partition coefficient (Wildman–Crippen LogP) is -0.0156. The van der Waals surface area contributed by atoms with Crippen LogP contribution < -0.4 is 11.2 Å². The molecule has 6 heteroatoms. The van der Waals surface area contributed by atoms with Crippen molar-refractivity contribution in [2.45, 2.75) is 13.5 Å². The first-order valence-corrected chi connectivity index (χ1v) is 4.94. The number of benzene rings is 1. The zero-order valence-electron chi connectivity index (χ0n) is 9.06. The van der Waals surface area contributed by atoms with E-state index in [1.165, 1.54) is 25.1 Å². The zero-order chi connectivity index (χ0) is 12.6. The lowest BCUT2D eigenvalue weighted by Crippen LogP contribution is -2.36. The molecule has 2 aromatic rings. The summed E-state index contributed by atoms with van der Waals surface area (Å²) in [4.78, 5) is 36.9. The molecule has 0 saturated carbocycles. The minimum absolute atomic E-state index is 0.0731. The van der Waals surface area contributed by atoms with Gasteiger partial charge in [0.25, 0.3) is 5.56 Å². The summed E-state index contributed by atoms with van der Waals surface area (Å²) in [6.45, 7) is 1.01. The van der Waals surface area contributed by atoms with E-state index in [1.807, 2.05) is 0 Å². The summed E-state index contributed by atoms with van der Waals surface area (Å²) in [7, 11) is 0. The predicted molar refractivity (Wildman–Crippen MR) is 61.2 cm³/mol. The van der Waals surface area contributed by atoms with Crippen molar-refractivity contribution in [3.63, 3.8) is 0 Å². The molecular formula is C11H10N2O4. The SMILES string of the molecule is CC(=O)Cn1c(=O)[nH]c2ccc(O)cc2c1=O. The Morgan fingerprint density at radius 1 is 1.41 bits per heavy atom. The molecule has 0 bridgehead atoms. The molecule has 2 rings (SSSR count). The molecule has 0 radical (unpaired) electrons. The van der Waals surface area contributed by atoms with Crippen molar-refractivity contribution in [3.8, 4) is 5.75 Å². The topological polar surface area (TPSA) is 92.2 Å². The van der Waals surface area contributed by atoms with Crippen LogP contribution >= 0.6 is 0 Å². The molecule has 2 N–H and O–H groups in total. The second-order valence-corrected chi connectivity index (χ2v) is 3.75. The van der Waals surface area contributed by atoms with Crippen LogP contribution in [0.5, 0.6) is 5.75 Å². The summed E-state index contributed by atoms with van der Waals surface area (Å²) >= 11 is 0. The number of carbonyl (C=O) groups excluding carboxylic acids is 1. The Kier molecular flexibility index (Phi) is 2.55. The highest BCUT2D eigenvalue weighted by atomic mass is 16.3. The van der Waals surface area contributed by atoms with Crippen molar-refractivity contribution in [3.05, 3.63) is 39.0 Å². The molecule has 1 heterocycles. The van der Waals surface area contributed by atoms with Gasteiger partial charge in [0.1, 0.15) is 11.5 Å². The van der Waals surface area contributed by atoms with Crippen LogP contribution in [-0.2, 0) is 11.3 Å². The van der Waals surface area contributed by atoms with Gasteiger partial charge in [-0.3, -0.25) is 14.2 Å². The molecule has 0 aliphatic carbocycles. The molecule has 1 aromatic heterocycles. The average molecular weight is 234 g/mol. The minimum Gasteiger partial charge on any atom is -0.508 e. The average Bonchev–Trinajstić information content (AvgIpc) is 2.25. The number of aromatic amines is 1. The van der Waals surface area contributed by atoms with E-state index in [1.54, 1.807) is 0 Å². The third-order valence-electron chi connectivity index (χ3n) is 2.35. The molecular weight excluding hydrogens is 224 g/mol. The first-order chi connectivity index (χ1) is 7.99. The van der Waals surface area contributed by atoms with Gasteiger partial charge in [-0.1, -0.05) is 0 Å². The largest absolute Gasteiger partial charge is 0.508 e. The molecule has 17 heavy (non-hydrogen) atoms. The Morgan fingerprint density at radius 2 is 2.12 bits per heavy atom. The number of ketones is 1. The third-order valence-corrected chi connectivity index (χ3v) is 2.35. The molecule has 0 atom stereocenters. The van der Waals surface area contributed by atoms with Gasteiger partial charge in [0.15, 0.2) is 0 Å². The second-order valence-electron chi connectivity index (χ2n) is 3.75. The van der Waals surface area contributed by atoms with Crippen LogP contribution in [0, 0.1) is 0 Å². The molecule has 0 amide bonds. The van der Waals surface area contributed by atoms with Crippen LogP contribution in [0.2, 0.25) is 0 Å². The highest BCUT2D eigenvalue weighted by molar-refractivity contribution is 5.79. The fraction of sp³-hybridized carbons (Fsp3) is 0.182. The number of Topliss-reactive ketones (excluding diaryl/α,β-unsaturated/α-hetero) is 1. The first kappa shape index (κ1) is 11.1. The highest BCUT2D eigenvalue weighted by Crippen LogP contribution is 2.13. The van der Waals surface area contributed by atoms with E-state index >= 15 is 0 Å². The van der Waals surface area contributed by atoms with E-state index in [4.69, 9.17) is 0 Å². The minimum atomic E-state index is -0.636. The van der Waals surface area contributed by atoms with Crippen LogP contribution in [0.3, 0.4) is 0 Å². The van der Waals surface area contributed by atoms with E-state index in [0.717, 1.165) is 4.57 Å². The summed E-state index contributed by atoms with van der Waals surface area (Å²) in [5.74, 6) is -0.367. The number of nitrogens with one attached hydrogen (secondary N) is 1. The smallest absolute Gasteiger partial charge is 0.329 e. The number of phenols is 1. The number of aromatic hydroxyl groups is 1. The molecule has 6 nitrogen and oxygen atoms in total. The molecule has 1 aromatic carbocycles. The van der Waals surface area contributed by atoms with Crippen LogP contribution in [0.1, 0.15) is 6.92 Å². The summed E-state index contributed by atoms with van der Waals surface area (Å²) in [6, 6.07) is 4.06. The van der Waals surface area contributed by atoms with Gasteiger partial charge in [-0.25, -0.2) is 4.79 Å². The van der Waals surface area contributed by atoms with Gasteiger partial charge in [0.2, 0.25) is 0 Å². The van der Waals surface area contributed by atoms with E-state index in [9.17, 15) is 19.5 Å². The van der Waals surface area contributed by atoms with E-state index in [-0.39, 0.29) is 23.5 Å². The van der Waals surface area contributed by atoms with Crippen LogP contribution in [0.15, 0.2) is 27.8 Å². The number of nitrogens with zero attached hydrogens (tertiary/aromatic N) is 1. The monoisotopic (exact) mass is 234 g/mol. The standard InChI is InChI=1S/C11H10N2O4/c1-6(14)5-13-10(16)8-4-7(15)2-3-9(8)12-11(13)17/h2-4,15H,5H2,1H3,(H,12,17). The summed E-state index contributed by atoms with van der Waals surface area (Å²) in [6.07, 6.45) is 0. The first-order valence-electron chi connectivity index (χ1n) is 4.94.